The molecule has 3 rings (SSSR count). The van der Waals surface area contributed by atoms with Gasteiger partial charge in [0.05, 0.1) is 0 Å². The summed E-state index contributed by atoms with van der Waals surface area (Å²) in [4.78, 5) is 8.73. The number of hydrogen-bond donors (Lipinski definition) is 1. The molecule has 0 spiro atoms. The van der Waals surface area contributed by atoms with Gasteiger partial charge in [-0.25, -0.2) is 9.97 Å². The fraction of sp³-hybridized carbons (Fsp3) is 0.333. The Morgan fingerprint density at radius 2 is 2.25 bits per heavy atom. The predicted octanol–water partition coefficient (Wildman–Crippen LogP) is 1.94. The summed E-state index contributed by atoms with van der Waals surface area (Å²) in [6.07, 6.45) is 2.35. The molecule has 0 aliphatic heterocycles. The average Bonchev–Trinajstić information content (AvgIpc) is 2.98. The van der Waals surface area contributed by atoms with Gasteiger partial charge in [-0.1, -0.05) is 11.3 Å². The van der Waals surface area contributed by atoms with E-state index < -0.39 is 0 Å². The summed E-state index contributed by atoms with van der Waals surface area (Å²) in [7, 11) is 0. The summed E-state index contributed by atoms with van der Waals surface area (Å²) in [5.74, 6) is 1.91. The van der Waals surface area contributed by atoms with Crippen LogP contribution in [0.25, 0.3) is 0 Å². The first kappa shape index (κ1) is 9.98. The van der Waals surface area contributed by atoms with Crippen molar-refractivity contribution in [3.63, 3.8) is 0 Å². The maximum absolute atomic E-state index is 5.76. The van der Waals surface area contributed by atoms with Gasteiger partial charge in [-0.05, 0) is 24.6 Å². The smallest absolute Gasteiger partial charge is 0.180 e. The van der Waals surface area contributed by atoms with E-state index in [0.717, 1.165) is 15.2 Å². The Hall–Kier alpha value is -1.21. The van der Waals surface area contributed by atoms with Gasteiger partial charge in [0.15, 0.2) is 4.34 Å². The van der Waals surface area contributed by atoms with Crippen molar-refractivity contribution < 1.29 is 0 Å². The number of aromatic nitrogens is 4. The van der Waals surface area contributed by atoms with Crippen LogP contribution in [0.2, 0.25) is 0 Å². The molecule has 0 bridgehead atoms. The lowest BCUT2D eigenvalue weighted by Gasteiger charge is -2.02. The third-order valence-corrected chi connectivity index (χ3v) is 3.91. The van der Waals surface area contributed by atoms with Gasteiger partial charge in [0, 0.05) is 12.0 Å². The number of hydrogen-bond acceptors (Lipinski definition) is 7. The summed E-state index contributed by atoms with van der Waals surface area (Å²) < 4.78 is 0.875. The molecule has 1 fully saturated rings. The fourth-order valence-electron chi connectivity index (χ4n) is 1.33. The molecule has 0 saturated heterocycles. The quantitative estimate of drug-likeness (QED) is 0.840. The van der Waals surface area contributed by atoms with Crippen molar-refractivity contribution in [2.24, 2.45) is 0 Å². The standard InChI is InChI=1S/C9H9N5S2/c10-6-3-7(16-9-14-11-4-15-9)13-8(12-6)5-1-2-5/h3-5H,1-2H2,(H2,10,12,13). The zero-order chi connectivity index (χ0) is 11.0. The Balaban J connectivity index is 1.88. The lowest BCUT2D eigenvalue weighted by molar-refractivity contribution is 0.882. The molecule has 0 atom stereocenters. The van der Waals surface area contributed by atoms with Crippen molar-refractivity contribution in [1.29, 1.82) is 0 Å². The van der Waals surface area contributed by atoms with Crippen molar-refractivity contribution >= 4 is 28.9 Å². The summed E-state index contributed by atoms with van der Waals surface area (Å²) >= 11 is 2.97. The third-order valence-electron chi connectivity index (χ3n) is 2.21. The van der Waals surface area contributed by atoms with Crippen LogP contribution >= 0.6 is 23.1 Å². The van der Waals surface area contributed by atoms with Gasteiger partial charge in [0.2, 0.25) is 0 Å². The van der Waals surface area contributed by atoms with Crippen LogP contribution < -0.4 is 5.73 Å². The van der Waals surface area contributed by atoms with Gasteiger partial charge in [0.25, 0.3) is 0 Å². The van der Waals surface area contributed by atoms with Gasteiger partial charge >= 0.3 is 0 Å². The minimum absolute atomic E-state index is 0.511. The Morgan fingerprint density at radius 3 is 2.94 bits per heavy atom. The highest BCUT2D eigenvalue weighted by Gasteiger charge is 2.27. The normalized spacial score (nSPS) is 15.2. The van der Waals surface area contributed by atoms with Crippen molar-refractivity contribution in [1.82, 2.24) is 20.2 Å². The van der Waals surface area contributed by atoms with E-state index in [1.165, 1.54) is 35.9 Å². The second-order valence-corrected chi connectivity index (χ2v) is 5.67. The predicted molar refractivity (Wildman–Crippen MR) is 62.5 cm³/mol. The van der Waals surface area contributed by atoms with Crippen molar-refractivity contribution in [2.45, 2.75) is 28.1 Å². The van der Waals surface area contributed by atoms with E-state index >= 15 is 0 Å². The van der Waals surface area contributed by atoms with Gasteiger partial charge in [-0.15, -0.1) is 10.2 Å². The number of nitrogens with zero attached hydrogens (tertiary/aromatic N) is 4. The molecule has 16 heavy (non-hydrogen) atoms. The lowest BCUT2D eigenvalue weighted by atomic mass is 10.4. The zero-order valence-electron chi connectivity index (χ0n) is 8.33. The topological polar surface area (TPSA) is 77.6 Å². The van der Waals surface area contributed by atoms with Gasteiger partial charge in [-0.2, -0.15) is 0 Å². The van der Waals surface area contributed by atoms with Crippen molar-refractivity contribution in [3.8, 4) is 0 Å². The van der Waals surface area contributed by atoms with E-state index in [-0.39, 0.29) is 0 Å². The molecule has 2 aromatic heterocycles. The molecular weight excluding hydrogens is 242 g/mol. The minimum atomic E-state index is 0.511. The average molecular weight is 251 g/mol. The molecule has 0 aromatic carbocycles. The van der Waals surface area contributed by atoms with Crippen molar-refractivity contribution in [3.05, 3.63) is 17.4 Å². The monoisotopic (exact) mass is 251 g/mol. The van der Waals surface area contributed by atoms with Crippen LogP contribution in [0.15, 0.2) is 20.9 Å². The van der Waals surface area contributed by atoms with Crippen LogP contribution in [0.4, 0.5) is 5.82 Å². The fourth-order valence-corrected chi connectivity index (χ4v) is 2.78. The molecule has 5 nitrogen and oxygen atoms in total. The zero-order valence-corrected chi connectivity index (χ0v) is 9.96. The van der Waals surface area contributed by atoms with Crippen LogP contribution in [0.5, 0.6) is 0 Å². The largest absolute Gasteiger partial charge is 0.384 e. The van der Waals surface area contributed by atoms with Gasteiger partial charge in [-0.3, -0.25) is 0 Å². The molecule has 82 valence electrons. The van der Waals surface area contributed by atoms with Crippen molar-refractivity contribution in [2.75, 3.05) is 5.73 Å². The molecule has 7 heteroatoms. The number of anilines is 1. The Morgan fingerprint density at radius 1 is 1.38 bits per heavy atom. The summed E-state index contributed by atoms with van der Waals surface area (Å²) in [5, 5.41) is 8.60. The number of nitrogen functional groups attached to an aromatic ring is 1. The maximum Gasteiger partial charge on any atom is 0.180 e. The van der Waals surface area contributed by atoms with Crippen LogP contribution in [0.3, 0.4) is 0 Å². The van der Waals surface area contributed by atoms with E-state index in [1.807, 2.05) is 0 Å². The first-order chi connectivity index (χ1) is 7.81. The molecule has 0 unspecified atom stereocenters. The summed E-state index contributed by atoms with van der Waals surface area (Å²) in [6.45, 7) is 0. The first-order valence-electron chi connectivity index (χ1n) is 4.90. The second-order valence-electron chi connectivity index (χ2n) is 3.57. The highest BCUT2D eigenvalue weighted by atomic mass is 32.2. The second kappa shape index (κ2) is 3.99. The van der Waals surface area contributed by atoms with Crippen LogP contribution in [0, 0.1) is 0 Å². The molecule has 2 aromatic rings. The maximum atomic E-state index is 5.76. The summed E-state index contributed by atoms with van der Waals surface area (Å²) in [6, 6.07) is 1.78. The molecule has 2 N–H and O–H groups in total. The molecule has 1 aliphatic carbocycles. The van der Waals surface area contributed by atoms with Gasteiger partial charge < -0.3 is 5.73 Å². The lowest BCUT2D eigenvalue weighted by Crippen LogP contribution is -1.99. The van der Waals surface area contributed by atoms with E-state index in [2.05, 4.69) is 20.2 Å². The highest BCUT2D eigenvalue weighted by molar-refractivity contribution is 8.00. The minimum Gasteiger partial charge on any atom is -0.384 e. The highest BCUT2D eigenvalue weighted by Crippen LogP contribution is 2.39. The first-order valence-corrected chi connectivity index (χ1v) is 6.59. The van der Waals surface area contributed by atoms with E-state index in [1.54, 1.807) is 11.6 Å². The molecule has 1 aliphatic rings. The molecule has 1 saturated carbocycles. The summed E-state index contributed by atoms with van der Waals surface area (Å²) in [5.41, 5.74) is 7.46. The van der Waals surface area contributed by atoms with E-state index in [0.29, 0.717) is 11.7 Å². The van der Waals surface area contributed by atoms with Crippen LogP contribution in [-0.2, 0) is 0 Å². The van der Waals surface area contributed by atoms with Crippen LogP contribution in [0.1, 0.15) is 24.6 Å². The van der Waals surface area contributed by atoms with Gasteiger partial charge in [0.1, 0.15) is 22.2 Å². The molecule has 0 amide bonds. The molecule has 0 radical (unpaired) electrons. The molecular formula is C9H9N5S2. The Bertz CT molecular complexity index is 495. The number of rotatable bonds is 3. The molecule has 2 heterocycles. The SMILES string of the molecule is Nc1cc(Sc2nncs2)nc(C2CC2)n1. The van der Waals surface area contributed by atoms with Crippen LogP contribution in [-0.4, -0.2) is 20.2 Å². The Kier molecular flexibility index (Phi) is 2.49. The van der Waals surface area contributed by atoms with E-state index in [9.17, 15) is 0 Å². The third kappa shape index (κ3) is 2.14. The Labute approximate surface area is 101 Å². The van der Waals surface area contributed by atoms with E-state index in [4.69, 9.17) is 5.73 Å². The number of nitrogens with two attached hydrogens (primary N) is 1.